The highest BCUT2D eigenvalue weighted by Crippen LogP contribution is 2.51. The number of fused-ring (bicyclic) bond motifs is 7. The molecule has 0 N–H and O–H groups in total. The lowest BCUT2D eigenvalue weighted by Crippen LogP contribution is -2.32. The van der Waals surface area contributed by atoms with Gasteiger partial charge in [-0.05, 0) is 37.1 Å². The van der Waals surface area contributed by atoms with Crippen LogP contribution in [0, 0.1) is 11.8 Å². The summed E-state index contributed by atoms with van der Waals surface area (Å²) in [6.07, 6.45) is 4.77. The second kappa shape index (κ2) is 8.76. The Labute approximate surface area is 193 Å². The minimum absolute atomic E-state index is 0.0679. The first kappa shape index (κ1) is 21.3. The van der Waals surface area contributed by atoms with E-state index in [-0.39, 0.29) is 36.9 Å². The van der Waals surface area contributed by atoms with Crippen molar-refractivity contribution in [2.24, 2.45) is 0 Å². The zero-order valence-electron chi connectivity index (χ0n) is 18.7. The number of hydrogen-bond acceptors (Lipinski definition) is 5. The number of ether oxygens (including phenoxy) is 3. The number of hydrogen-bond donors (Lipinski definition) is 0. The zero-order valence-corrected chi connectivity index (χ0v) is 18.7. The summed E-state index contributed by atoms with van der Waals surface area (Å²) in [5, 5.41) is 0. The minimum atomic E-state index is -0.282. The van der Waals surface area contributed by atoms with E-state index >= 15 is 0 Å². The highest BCUT2D eigenvalue weighted by atomic mass is 16.5. The summed E-state index contributed by atoms with van der Waals surface area (Å²) in [6, 6.07) is 9.72. The summed E-state index contributed by atoms with van der Waals surface area (Å²) >= 11 is 0. The Balaban J connectivity index is 1.52. The predicted molar refractivity (Wildman–Crippen MR) is 123 cm³/mol. The molecular formula is C27H25NO5. The molecule has 0 aromatic heterocycles. The normalized spacial score (nSPS) is 18.9. The smallest absolute Gasteiger partial charge is 0.305 e. The number of amides is 1. The molecule has 1 amide bonds. The van der Waals surface area contributed by atoms with E-state index in [0.29, 0.717) is 19.6 Å². The van der Waals surface area contributed by atoms with Crippen molar-refractivity contribution < 1.29 is 23.8 Å². The van der Waals surface area contributed by atoms with E-state index in [9.17, 15) is 9.59 Å². The quantitative estimate of drug-likeness (QED) is 0.377. The van der Waals surface area contributed by atoms with Crippen LogP contribution in [0.25, 0.3) is 0 Å². The first-order chi connectivity index (χ1) is 16.1. The van der Waals surface area contributed by atoms with E-state index in [1.54, 1.807) is 18.9 Å². The largest absolute Gasteiger partial charge is 0.496 e. The van der Waals surface area contributed by atoms with Crippen LogP contribution in [0.15, 0.2) is 42.5 Å². The number of carbonyl (C=O) groups excluding carboxylic acids is 2. The third kappa shape index (κ3) is 3.79. The van der Waals surface area contributed by atoms with Crippen molar-refractivity contribution >= 4 is 17.6 Å². The second-order valence-electron chi connectivity index (χ2n) is 8.21. The molecule has 3 heterocycles. The maximum Gasteiger partial charge on any atom is 0.305 e. The van der Waals surface area contributed by atoms with Gasteiger partial charge in [0.1, 0.15) is 18.0 Å². The average molecular weight is 443 g/mol. The molecule has 3 aliphatic rings. The number of para-hydroxylation sites is 1. The van der Waals surface area contributed by atoms with Gasteiger partial charge in [-0.15, -0.1) is 0 Å². The van der Waals surface area contributed by atoms with Crippen molar-refractivity contribution in [1.82, 2.24) is 0 Å². The summed E-state index contributed by atoms with van der Waals surface area (Å²) < 4.78 is 16.9. The summed E-state index contributed by atoms with van der Waals surface area (Å²) in [7, 11) is 1.65. The van der Waals surface area contributed by atoms with Crippen molar-refractivity contribution in [2.75, 3.05) is 18.6 Å². The molecule has 168 valence electrons. The van der Waals surface area contributed by atoms with Crippen molar-refractivity contribution in [2.45, 2.75) is 44.9 Å². The van der Waals surface area contributed by atoms with Crippen LogP contribution in [0.4, 0.5) is 5.69 Å². The van der Waals surface area contributed by atoms with E-state index in [4.69, 9.17) is 14.2 Å². The average Bonchev–Trinajstić information content (AvgIpc) is 3.42. The Morgan fingerprint density at radius 3 is 2.73 bits per heavy atom. The molecule has 0 spiro atoms. The summed E-state index contributed by atoms with van der Waals surface area (Å²) in [5.74, 6) is 6.94. The number of methoxy groups -OCH3 is 1. The summed E-state index contributed by atoms with van der Waals surface area (Å²) in [4.78, 5) is 26.9. The van der Waals surface area contributed by atoms with Crippen LogP contribution in [0.5, 0.6) is 5.75 Å². The van der Waals surface area contributed by atoms with Gasteiger partial charge in [0, 0.05) is 35.1 Å². The van der Waals surface area contributed by atoms with E-state index in [1.807, 2.05) is 30.3 Å². The van der Waals surface area contributed by atoms with Crippen LogP contribution in [-0.2, 0) is 25.6 Å². The molecule has 0 aliphatic carbocycles. The van der Waals surface area contributed by atoms with Gasteiger partial charge in [-0.3, -0.25) is 9.59 Å². The van der Waals surface area contributed by atoms with Crippen LogP contribution in [0.2, 0.25) is 0 Å². The minimum Gasteiger partial charge on any atom is -0.496 e. The van der Waals surface area contributed by atoms with Crippen molar-refractivity contribution in [3.8, 4) is 17.6 Å². The number of esters is 1. The van der Waals surface area contributed by atoms with E-state index in [1.165, 1.54) is 0 Å². The van der Waals surface area contributed by atoms with Gasteiger partial charge in [0.25, 0.3) is 0 Å². The molecule has 3 aliphatic heterocycles. The lowest BCUT2D eigenvalue weighted by Gasteiger charge is -2.28. The maximum atomic E-state index is 13.4. The monoisotopic (exact) mass is 443 g/mol. The Morgan fingerprint density at radius 1 is 1.12 bits per heavy atom. The summed E-state index contributed by atoms with van der Waals surface area (Å²) in [5.41, 5.74) is 5.37. The fraction of sp³-hybridized carbons (Fsp3) is 0.333. The lowest BCUT2D eigenvalue weighted by atomic mass is 9.89. The highest BCUT2D eigenvalue weighted by molar-refractivity contribution is 5.95. The van der Waals surface area contributed by atoms with Gasteiger partial charge in [-0.1, -0.05) is 36.1 Å². The molecule has 2 aromatic carbocycles. The van der Waals surface area contributed by atoms with Gasteiger partial charge >= 0.3 is 5.97 Å². The Kier molecular flexibility index (Phi) is 5.65. The first-order valence-electron chi connectivity index (χ1n) is 11.2. The van der Waals surface area contributed by atoms with Crippen molar-refractivity contribution in [1.29, 1.82) is 0 Å². The van der Waals surface area contributed by atoms with Crippen LogP contribution in [0.3, 0.4) is 0 Å². The maximum absolute atomic E-state index is 13.4. The zero-order chi connectivity index (χ0) is 22.9. The van der Waals surface area contributed by atoms with Crippen LogP contribution >= 0.6 is 0 Å². The molecule has 2 bridgehead atoms. The SMILES string of the molecule is CCOC(=O)CCCC(=O)N1Cc2c(cc3c(c2OC)C2C=CC3O2)C#Cc2ccccc21. The molecule has 2 aromatic rings. The molecule has 0 fully saturated rings. The van der Waals surface area contributed by atoms with Gasteiger partial charge in [0.2, 0.25) is 5.91 Å². The Hall–Kier alpha value is -3.56. The standard InChI is InChI=1S/C27H25NO5/c1-3-32-25(30)10-6-9-24(29)28-16-20-18(12-11-17-7-4-5-8-21(17)28)15-19-22-13-14-23(33-22)26(19)27(20)31-2/h4-5,7-8,13-15,22-23H,3,6,9-10,16H2,1-2H3. The highest BCUT2D eigenvalue weighted by Gasteiger charge is 2.39. The second-order valence-corrected chi connectivity index (χ2v) is 8.21. The van der Waals surface area contributed by atoms with E-state index in [0.717, 1.165) is 39.3 Å². The fourth-order valence-electron chi connectivity index (χ4n) is 4.73. The lowest BCUT2D eigenvalue weighted by molar-refractivity contribution is -0.143. The molecule has 0 saturated carbocycles. The van der Waals surface area contributed by atoms with Crippen molar-refractivity contribution in [3.63, 3.8) is 0 Å². The fourth-order valence-corrected chi connectivity index (χ4v) is 4.73. The van der Waals surface area contributed by atoms with Crippen LogP contribution in [-0.4, -0.2) is 25.6 Å². The number of benzene rings is 2. The Bertz CT molecular complexity index is 1220. The molecule has 5 rings (SSSR count). The third-order valence-electron chi connectivity index (χ3n) is 6.22. The number of anilines is 1. The van der Waals surface area contributed by atoms with Gasteiger partial charge in [-0.2, -0.15) is 0 Å². The van der Waals surface area contributed by atoms with E-state index < -0.39 is 0 Å². The molecule has 6 nitrogen and oxygen atoms in total. The molecule has 2 unspecified atom stereocenters. The molecule has 0 saturated heterocycles. The molecule has 2 atom stereocenters. The Morgan fingerprint density at radius 2 is 1.91 bits per heavy atom. The topological polar surface area (TPSA) is 65.1 Å². The van der Waals surface area contributed by atoms with Crippen LogP contribution < -0.4 is 9.64 Å². The number of rotatable bonds is 6. The van der Waals surface area contributed by atoms with Gasteiger partial charge in [0.05, 0.1) is 25.9 Å². The van der Waals surface area contributed by atoms with Gasteiger partial charge < -0.3 is 19.1 Å². The van der Waals surface area contributed by atoms with Crippen molar-refractivity contribution in [3.05, 3.63) is 70.3 Å². The van der Waals surface area contributed by atoms with Crippen LogP contribution in [0.1, 0.15) is 66.2 Å². The van der Waals surface area contributed by atoms with E-state index in [2.05, 4.69) is 24.0 Å². The third-order valence-corrected chi connectivity index (χ3v) is 6.22. The predicted octanol–water partition coefficient (Wildman–Crippen LogP) is 4.36. The molecule has 33 heavy (non-hydrogen) atoms. The molecule has 6 heteroatoms. The van der Waals surface area contributed by atoms with Gasteiger partial charge in [0.15, 0.2) is 0 Å². The molecular weight excluding hydrogens is 418 g/mol. The van der Waals surface area contributed by atoms with Gasteiger partial charge in [-0.25, -0.2) is 0 Å². The molecule has 0 radical (unpaired) electrons. The number of nitrogens with zero attached hydrogens (tertiary/aromatic N) is 1. The summed E-state index contributed by atoms with van der Waals surface area (Å²) in [6.45, 7) is 2.44. The number of carbonyl (C=O) groups is 2. The first-order valence-corrected chi connectivity index (χ1v) is 11.2.